The summed E-state index contributed by atoms with van der Waals surface area (Å²) in [7, 11) is 1.61. The molecule has 1 aromatic heterocycles. The van der Waals surface area contributed by atoms with E-state index in [0.717, 1.165) is 4.47 Å². The normalized spacial score (nSPS) is 18.4. The van der Waals surface area contributed by atoms with Crippen molar-refractivity contribution in [1.29, 1.82) is 0 Å². The summed E-state index contributed by atoms with van der Waals surface area (Å²) >= 11 is 3.34. The molecule has 0 radical (unpaired) electrons. The fraction of sp³-hybridized carbons (Fsp3) is 0.636. The van der Waals surface area contributed by atoms with Gasteiger partial charge in [0, 0.05) is 5.54 Å². The molecule has 1 N–H and O–H groups in total. The Bertz CT molecular complexity index is 377. The first kappa shape index (κ1) is 11.6. The predicted octanol–water partition coefficient (Wildman–Crippen LogP) is 2.99. The standard InChI is InChI=1S/C11H16BrN3O/c1-11(5-3-4-6-11)15-10-13-7-8(12)9(14-10)16-2/h7H,3-6H2,1-2H3,(H,13,14,15). The van der Waals surface area contributed by atoms with E-state index in [0.29, 0.717) is 11.8 Å². The van der Waals surface area contributed by atoms with Gasteiger partial charge in [0.2, 0.25) is 11.8 Å². The van der Waals surface area contributed by atoms with Crippen molar-refractivity contribution in [3.8, 4) is 5.88 Å². The van der Waals surface area contributed by atoms with E-state index in [1.807, 2.05) is 0 Å². The maximum absolute atomic E-state index is 5.15. The topological polar surface area (TPSA) is 47.0 Å². The number of halogens is 1. The van der Waals surface area contributed by atoms with Crippen LogP contribution >= 0.6 is 15.9 Å². The minimum Gasteiger partial charge on any atom is -0.480 e. The van der Waals surface area contributed by atoms with Crippen molar-refractivity contribution in [2.45, 2.75) is 38.1 Å². The van der Waals surface area contributed by atoms with Crippen LogP contribution < -0.4 is 10.1 Å². The summed E-state index contributed by atoms with van der Waals surface area (Å²) in [5.74, 6) is 1.21. The summed E-state index contributed by atoms with van der Waals surface area (Å²) in [6, 6.07) is 0. The van der Waals surface area contributed by atoms with Gasteiger partial charge < -0.3 is 10.1 Å². The van der Waals surface area contributed by atoms with Crippen LogP contribution in [-0.4, -0.2) is 22.6 Å². The van der Waals surface area contributed by atoms with Gasteiger partial charge in [-0.25, -0.2) is 4.98 Å². The Kier molecular flexibility index (Phi) is 3.33. The summed E-state index contributed by atoms with van der Waals surface area (Å²) in [5, 5.41) is 3.40. The Morgan fingerprint density at radius 1 is 1.44 bits per heavy atom. The van der Waals surface area contributed by atoms with E-state index in [9.17, 15) is 0 Å². The van der Waals surface area contributed by atoms with Gasteiger partial charge in [-0.15, -0.1) is 0 Å². The van der Waals surface area contributed by atoms with Crippen LogP contribution in [-0.2, 0) is 0 Å². The molecule has 0 aromatic carbocycles. The lowest BCUT2D eigenvalue weighted by molar-refractivity contribution is 0.393. The van der Waals surface area contributed by atoms with Gasteiger partial charge in [-0.2, -0.15) is 4.98 Å². The maximum atomic E-state index is 5.15. The van der Waals surface area contributed by atoms with Crippen LogP contribution in [0.5, 0.6) is 5.88 Å². The second kappa shape index (κ2) is 4.57. The molecule has 0 spiro atoms. The SMILES string of the molecule is COc1nc(NC2(C)CCCC2)ncc1Br. The number of nitrogens with zero attached hydrogens (tertiary/aromatic N) is 2. The third-order valence-corrected chi connectivity index (χ3v) is 3.57. The average molecular weight is 286 g/mol. The van der Waals surface area contributed by atoms with E-state index in [1.54, 1.807) is 13.3 Å². The molecular formula is C11H16BrN3O. The van der Waals surface area contributed by atoms with Gasteiger partial charge in [-0.05, 0) is 35.7 Å². The van der Waals surface area contributed by atoms with E-state index in [-0.39, 0.29) is 5.54 Å². The zero-order chi connectivity index (χ0) is 11.6. The Morgan fingerprint density at radius 2 is 2.12 bits per heavy atom. The number of hydrogen-bond acceptors (Lipinski definition) is 4. The molecule has 2 rings (SSSR count). The first-order valence-electron chi connectivity index (χ1n) is 5.48. The third kappa shape index (κ3) is 2.45. The number of methoxy groups -OCH3 is 1. The molecule has 1 aliphatic rings. The summed E-state index contributed by atoms with van der Waals surface area (Å²) in [5.41, 5.74) is 0.138. The second-order valence-electron chi connectivity index (χ2n) is 4.44. The van der Waals surface area contributed by atoms with Gasteiger partial charge in [0.15, 0.2) is 0 Å². The van der Waals surface area contributed by atoms with E-state index >= 15 is 0 Å². The molecule has 88 valence electrons. The monoisotopic (exact) mass is 285 g/mol. The minimum atomic E-state index is 0.138. The van der Waals surface area contributed by atoms with Crippen molar-refractivity contribution >= 4 is 21.9 Å². The highest BCUT2D eigenvalue weighted by Crippen LogP contribution is 2.32. The largest absolute Gasteiger partial charge is 0.480 e. The minimum absolute atomic E-state index is 0.138. The Morgan fingerprint density at radius 3 is 2.75 bits per heavy atom. The number of rotatable bonds is 3. The number of anilines is 1. The zero-order valence-electron chi connectivity index (χ0n) is 9.59. The molecule has 0 atom stereocenters. The zero-order valence-corrected chi connectivity index (χ0v) is 11.2. The Balaban J connectivity index is 2.15. The molecule has 5 heteroatoms. The van der Waals surface area contributed by atoms with Crippen LogP contribution in [0.1, 0.15) is 32.6 Å². The van der Waals surface area contributed by atoms with Gasteiger partial charge >= 0.3 is 0 Å². The van der Waals surface area contributed by atoms with Crippen molar-refractivity contribution in [3.05, 3.63) is 10.7 Å². The lowest BCUT2D eigenvalue weighted by Gasteiger charge is -2.25. The van der Waals surface area contributed by atoms with Gasteiger partial charge in [0.05, 0.1) is 17.8 Å². The van der Waals surface area contributed by atoms with Crippen molar-refractivity contribution in [1.82, 2.24) is 9.97 Å². The molecule has 0 saturated heterocycles. The van der Waals surface area contributed by atoms with E-state index < -0.39 is 0 Å². The maximum Gasteiger partial charge on any atom is 0.232 e. The molecule has 1 saturated carbocycles. The van der Waals surface area contributed by atoms with Crippen molar-refractivity contribution in [2.75, 3.05) is 12.4 Å². The molecule has 0 bridgehead atoms. The van der Waals surface area contributed by atoms with Gasteiger partial charge in [0.1, 0.15) is 0 Å². The number of aromatic nitrogens is 2. The Labute approximate surface area is 104 Å². The highest BCUT2D eigenvalue weighted by atomic mass is 79.9. The number of nitrogens with one attached hydrogen (secondary N) is 1. The molecular weight excluding hydrogens is 270 g/mol. The van der Waals surface area contributed by atoms with Crippen LogP contribution in [0.25, 0.3) is 0 Å². The molecule has 1 aromatic rings. The third-order valence-electron chi connectivity index (χ3n) is 3.03. The van der Waals surface area contributed by atoms with Crippen LogP contribution in [0, 0.1) is 0 Å². The van der Waals surface area contributed by atoms with Gasteiger partial charge in [-0.1, -0.05) is 12.8 Å². The summed E-state index contributed by atoms with van der Waals surface area (Å²) in [6.07, 6.45) is 6.62. The number of ether oxygens (including phenoxy) is 1. The molecule has 1 heterocycles. The molecule has 1 aliphatic carbocycles. The van der Waals surface area contributed by atoms with Crippen molar-refractivity contribution < 1.29 is 4.74 Å². The highest BCUT2D eigenvalue weighted by molar-refractivity contribution is 9.10. The van der Waals surface area contributed by atoms with E-state index in [2.05, 4.69) is 38.1 Å². The smallest absolute Gasteiger partial charge is 0.232 e. The first-order chi connectivity index (χ1) is 7.63. The predicted molar refractivity (Wildman–Crippen MR) is 66.8 cm³/mol. The summed E-state index contributed by atoms with van der Waals surface area (Å²) < 4.78 is 5.92. The van der Waals surface area contributed by atoms with Crippen LogP contribution in [0.4, 0.5) is 5.95 Å². The molecule has 16 heavy (non-hydrogen) atoms. The van der Waals surface area contributed by atoms with E-state index in [1.165, 1.54) is 25.7 Å². The molecule has 4 nitrogen and oxygen atoms in total. The molecule has 0 amide bonds. The second-order valence-corrected chi connectivity index (χ2v) is 5.30. The van der Waals surface area contributed by atoms with Crippen molar-refractivity contribution in [2.24, 2.45) is 0 Å². The van der Waals surface area contributed by atoms with E-state index in [4.69, 9.17) is 4.74 Å². The number of hydrogen-bond donors (Lipinski definition) is 1. The molecule has 1 fully saturated rings. The van der Waals surface area contributed by atoms with Crippen LogP contribution in [0.15, 0.2) is 10.7 Å². The van der Waals surface area contributed by atoms with Crippen molar-refractivity contribution in [3.63, 3.8) is 0 Å². The fourth-order valence-electron chi connectivity index (χ4n) is 2.11. The van der Waals surface area contributed by atoms with Crippen LogP contribution in [0.3, 0.4) is 0 Å². The van der Waals surface area contributed by atoms with Gasteiger partial charge in [-0.3, -0.25) is 0 Å². The molecule has 0 unspecified atom stereocenters. The molecule has 0 aliphatic heterocycles. The van der Waals surface area contributed by atoms with Gasteiger partial charge in [0.25, 0.3) is 0 Å². The summed E-state index contributed by atoms with van der Waals surface area (Å²) in [4.78, 5) is 8.55. The summed E-state index contributed by atoms with van der Waals surface area (Å²) in [6.45, 7) is 2.22. The fourth-order valence-corrected chi connectivity index (χ4v) is 2.46. The Hall–Kier alpha value is -0.840. The first-order valence-corrected chi connectivity index (χ1v) is 6.27. The lowest BCUT2D eigenvalue weighted by atomic mass is 10.0. The highest BCUT2D eigenvalue weighted by Gasteiger charge is 2.29. The lowest BCUT2D eigenvalue weighted by Crippen LogP contribution is -2.31. The average Bonchev–Trinajstić information content (AvgIpc) is 2.68. The quantitative estimate of drug-likeness (QED) is 0.928. The van der Waals surface area contributed by atoms with Crippen LogP contribution in [0.2, 0.25) is 0 Å².